The predicted octanol–water partition coefficient (Wildman–Crippen LogP) is 3.45. The Morgan fingerprint density at radius 2 is 2.03 bits per heavy atom. The van der Waals surface area contributed by atoms with Gasteiger partial charge in [0.05, 0.1) is 32.8 Å². The van der Waals surface area contributed by atoms with E-state index in [2.05, 4.69) is 42.8 Å². The number of rotatable bonds is 11. The molecule has 0 aliphatic carbocycles. The van der Waals surface area contributed by atoms with Crippen molar-refractivity contribution in [3.8, 4) is 11.5 Å². The molecule has 34 heavy (non-hydrogen) atoms. The van der Waals surface area contributed by atoms with Gasteiger partial charge in [0.2, 0.25) is 0 Å². The van der Waals surface area contributed by atoms with E-state index >= 15 is 0 Å². The molecule has 0 unspecified atom stereocenters. The number of ether oxygens (including phenoxy) is 2. The summed E-state index contributed by atoms with van der Waals surface area (Å²) in [6, 6.07) is 11.5. The van der Waals surface area contributed by atoms with Crippen LogP contribution in [0.1, 0.15) is 16.1 Å². The Bertz CT molecular complexity index is 1170. The SMILES string of the molecule is COc1ccc(N2C=CN(CCCNc3cccc(Nc4ncc(C(N)=O)s4)n3)C2)c(OC)c1. The lowest BCUT2D eigenvalue weighted by Gasteiger charge is -2.23. The Morgan fingerprint density at radius 1 is 1.18 bits per heavy atom. The van der Waals surface area contributed by atoms with Crippen molar-refractivity contribution in [1.29, 1.82) is 0 Å². The molecule has 0 saturated heterocycles. The second-order valence-corrected chi connectivity index (χ2v) is 8.50. The van der Waals surface area contributed by atoms with Crippen molar-refractivity contribution in [2.45, 2.75) is 6.42 Å². The minimum atomic E-state index is -0.493. The highest BCUT2D eigenvalue weighted by Crippen LogP contribution is 2.33. The van der Waals surface area contributed by atoms with E-state index in [1.807, 2.05) is 36.4 Å². The predicted molar refractivity (Wildman–Crippen MR) is 134 cm³/mol. The smallest absolute Gasteiger partial charge is 0.260 e. The van der Waals surface area contributed by atoms with Crippen LogP contribution in [0.15, 0.2) is 55.0 Å². The highest BCUT2D eigenvalue weighted by atomic mass is 32.1. The summed E-state index contributed by atoms with van der Waals surface area (Å²) in [5, 5.41) is 7.02. The number of pyridine rings is 1. The van der Waals surface area contributed by atoms with Gasteiger partial charge in [-0.1, -0.05) is 17.4 Å². The van der Waals surface area contributed by atoms with E-state index in [1.54, 1.807) is 14.2 Å². The number of aromatic nitrogens is 2. The van der Waals surface area contributed by atoms with Crippen molar-refractivity contribution < 1.29 is 14.3 Å². The fraction of sp³-hybridized carbons (Fsp3) is 0.261. The van der Waals surface area contributed by atoms with Gasteiger partial charge in [-0.25, -0.2) is 9.97 Å². The van der Waals surface area contributed by atoms with Gasteiger partial charge in [0.15, 0.2) is 5.13 Å². The van der Waals surface area contributed by atoms with Crippen molar-refractivity contribution in [2.75, 3.05) is 49.5 Å². The zero-order chi connectivity index (χ0) is 23.9. The monoisotopic (exact) mass is 481 g/mol. The molecule has 4 N–H and O–H groups in total. The number of carbonyl (C=O) groups is 1. The highest BCUT2D eigenvalue weighted by Gasteiger charge is 2.17. The van der Waals surface area contributed by atoms with Crippen LogP contribution in [0.5, 0.6) is 11.5 Å². The summed E-state index contributed by atoms with van der Waals surface area (Å²) in [5.41, 5.74) is 6.27. The van der Waals surface area contributed by atoms with Gasteiger partial charge >= 0.3 is 0 Å². The number of anilines is 4. The Morgan fingerprint density at radius 3 is 2.79 bits per heavy atom. The molecule has 0 saturated carbocycles. The van der Waals surface area contributed by atoms with Crippen molar-refractivity contribution in [3.63, 3.8) is 0 Å². The van der Waals surface area contributed by atoms with Gasteiger partial charge < -0.3 is 35.6 Å². The maximum Gasteiger partial charge on any atom is 0.260 e. The van der Waals surface area contributed by atoms with Crippen LogP contribution in [-0.2, 0) is 0 Å². The molecule has 3 heterocycles. The summed E-state index contributed by atoms with van der Waals surface area (Å²) in [6.07, 6.45) is 6.53. The lowest BCUT2D eigenvalue weighted by Crippen LogP contribution is -2.27. The molecule has 178 valence electrons. The summed E-state index contributed by atoms with van der Waals surface area (Å²) < 4.78 is 10.8. The summed E-state index contributed by atoms with van der Waals surface area (Å²) in [5.74, 6) is 2.45. The molecule has 0 fully saturated rings. The zero-order valence-corrected chi connectivity index (χ0v) is 19.8. The molecule has 2 aromatic heterocycles. The lowest BCUT2D eigenvalue weighted by atomic mass is 10.2. The largest absolute Gasteiger partial charge is 0.497 e. The lowest BCUT2D eigenvalue weighted by molar-refractivity contribution is 0.100. The van der Waals surface area contributed by atoms with E-state index in [0.29, 0.717) is 15.8 Å². The molecule has 4 rings (SSSR count). The third-order valence-electron chi connectivity index (χ3n) is 5.15. The zero-order valence-electron chi connectivity index (χ0n) is 19.0. The van der Waals surface area contributed by atoms with Gasteiger partial charge in [0.1, 0.15) is 28.0 Å². The first-order valence-electron chi connectivity index (χ1n) is 10.7. The van der Waals surface area contributed by atoms with Crippen LogP contribution in [-0.4, -0.2) is 54.8 Å². The van der Waals surface area contributed by atoms with Crippen LogP contribution in [0.25, 0.3) is 0 Å². The molecule has 11 heteroatoms. The van der Waals surface area contributed by atoms with Gasteiger partial charge in [0, 0.05) is 31.6 Å². The first kappa shape index (κ1) is 23.2. The van der Waals surface area contributed by atoms with Crippen LogP contribution in [0.4, 0.5) is 22.5 Å². The number of nitrogens with one attached hydrogen (secondary N) is 2. The molecule has 1 aromatic carbocycles. The Labute approximate surface area is 202 Å². The van der Waals surface area contributed by atoms with Gasteiger partial charge in [-0.3, -0.25) is 4.79 Å². The van der Waals surface area contributed by atoms with E-state index < -0.39 is 5.91 Å². The van der Waals surface area contributed by atoms with E-state index in [-0.39, 0.29) is 0 Å². The minimum Gasteiger partial charge on any atom is -0.497 e. The second-order valence-electron chi connectivity index (χ2n) is 7.47. The molecule has 1 aliphatic heterocycles. The number of hydrogen-bond donors (Lipinski definition) is 3. The average molecular weight is 482 g/mol. The van der Waals surface area contributed by atoms with Crippen LogP contribution in [0.2, 0.25) is 0 Å². The number of carbonyl (C=O) groups excluding carboxylic acids is 1. The number of methoxy groups -OCH3 is 2. The third-order valence-corrected chi connectivity index (χ3v) is 6.08. The van der Waals surface area contributed by atoms with Crippen molar-refractivity contribution >= 4 is 39.7 Å². The number of nitrogens with zero attached hydrogens (tertiary/aromatic N) is 4. The number of primary amides is 1. The standard InChI is InChI=1S/C23H27N7O3S/c1-32-16-7-8-17(18(13-16)33-2)30-12-11-29(15-30)10-4-9-25-20-5-3-6-21(27-20)28-23-26-14-19(34-23)22(24)31/h3,5-8,11-14H,4,9-10,15H2,1-2H3,(H2,24,31)(H2,25,26,27,28). The molecule has 0 radical (unpaired) electrons. The molecule has 10 nitrogen and oxygen atoms in total. The quantitative estimate of drug-likeness (QED) is 0.354. The van der Waals surface area contributed by atoms with Gasteiger partial charge in [-0.15, -0.1) is 0 Å². The van der Waals surface area contributed by atoms with Gasteiger partial charge in [-0.05, 0) is 30.7 Å². The van der Waals surface area contributed by atoms with Crippen LogP contribution >= 0.6 is 11.3 Å². The number of nitrogens with two attached hydrogens (primary N) is 1. The fourth-order valence-corrected chi connectivity index (χ4v) is 4.12. The number of benzene rings is 1. The van der Waals surface area contributed by atoms with E-state index in [4.69, 9.17) is 15.2 Å². The molecule has 1 aliphatic rings. The fourth-order valence-electron chi connectivity index (χ4n) is 3.45. The van der Waals surface area contributed by atoms with Crippen LogP contribution in [0.3, 0.4) is 0 Å². The topological polar surface area (TPSA) is 118 Å². The van der Waals surface area contributed by atoms with Gasteiger partial charge in [0.25, 0.3) is 5.91 Å². The molecular formula is C23H27N7O3S. The number of thiazole rings is 1. The highest BCUT2D eigenvalue weighted by molar-refractivity contribution is 7.17. The average Bonchev–Trinajstić information content (AvgIpc) is 3.52. The second kappa shape index (κ2) is 10.8. The summed E-state index contributed by atoms with van der Waals surface area (Å²) in [7, 11) is 3.31. The Hall–Kier alpha value is -3.99. The summed E-state index contributed by atoms with van der Waals surface area (Å²) >= 11 is 1.19. The Balaban J connectivity index is 1.23. The molecule has 0 atom stereocenters. The van der Waals surface area contributed by atoms with E-state index in [9.17, 15) is 4.79 Å². The Kier molecular flexibility index (Phi) is 7.33. The summed E-state index contributed by atoms with van der Waals surface area (Å²) in [4.78, 5) is 24.7. The minimum absolute atomic E-state index is 0.400. The van der Waals surface area contributed by atoms with E-state index in [1.165, 1.54) is 17.5 Å². The number of hydrogen-bond acceptors (Lipinski definition) is 10. The molecule has 1 amide bonds. The van der Waals surface area contributed by atoms with Gasteiger partial charge in [-0.2, -0.15) is 0 Å². The first-order valence-corrected chi connectivity index (χ1v) is 11.5. The molecule has 0 spiro atoms. The molecule has 0 bridgehead atoms. The van der Waals surface area contributed by atoms with E-state index in [0.717, 1.165) is 49.2 Å². The maximum atomic E-state index is 11.2. The van der Waals surface area contributed by atoms with Crippen molar-refractivity contribution in [3.05, 3.63) is 59.9 Å². The summed E-state index contributed by atoms with van der Waals surface area (Å²) in [6.45, 7) is 2.42. The van der Waals surface area contributed by atoms with Crippen molar-refractivity contribution in [2.24, 2.45) is 5.73 Å². The van der Waals surface area contributed by atoms with Crippen molar-refractivity contribution in [1.82, 2.24) is 14.9 Å². The van der Waals surface area contributed by atoms with Crippen LogP contribution < -0.4 is 30.7 Å². The van der Waals surface area contributed by atoms with Crippen LogP contribution in [0, 0.1) is 0 Å². The third kappa shape index (κ3) is 5.67. The molecular weight excluding hydrogens is 454 g/mol. The maximum absolute atomic E-state index is 11.2. The number of amides is 1. The molecule has 3 aromatic rings. The normalized spacial score (nSPS) is 12.6. The first-order chi connectivity index (χ1) is 16.6.